The predicted molar refractivity (Wildman–Crippen MR) is 81.4 cm³/mol. The third-order valence-electron chi connectivity index (χ3n) is 3.75. The van der Waals surface area contributed by atoms with E-state index in [-0.39, 0.29) is 11.9 Å². The van der Waals surface area contributed by atoms with Gasteiger partial charge in [-0.15, -0.1) is 0 Å². The highest BCUT2D eigenvalue weighted by molar-refractivity contribution is 5.37. The van der Waals surface area contributed by atoms with Gasteiger partial charge in [-0.3, -0.25) is 0 Å². The Morgan fingerprint density at radius 1 is 1.40 bits per heavy atom. The summed E-state index contributed by atoms with van der Waals surface area (Å²) in [5, 5.41) is 0. The number of nitrogens with two attached hydrogens (primary N) is 1. The van der Waals surface area contributed by atoms with Crippen molar-refractivity contribution >= 4 is 0 Å². The Morgan fingerprint density at radius 2 is 2.10 bits per heavy atom. The van der Waals surface area contributed by atoms with E-state index in [4.69, 9.17) is 10.5 Å². The summed E-state index contributed by atoms with van der Waals surface area (Å²) < 4.78 is 19.1. The first-order valence-corrected chi connectivity index (χ1v) is 7.26. The third-order valence-corrected chi connectivity index (χ3v) is 3.75. The normalized spacial score (nSPS) is 14.3. The molecule has 4 heteroatoms. The van der Waals surface area contributed by atoms with E-state index in [1.54, 1.807) is 19.2 Å². The van der Waals surface area contributed by atoms with Crippen LogP contribution in [0.3, 0.4) is 0 Å². The first-order chi connectivity index (χ1) is 9.49. The molecule has 114 valence electrons. The van der Waals surface area contributed by atoms with E-state index in [1.807, 2.05) is 0 Å². The van der Waals surface area contributed by atoms with Crippen molar-refractivity contribution in [2.24, 2.45) is 11.7 Å². The largest absolute Gasteiger partial charge is 0.496 e. The molecule has 2 N–H and O–H groups in total. The molecule has 1 aromatic rings. The van der Waals surface area contributed by atoms with E-state index in [2.05, 4.69) is 25.8 Å². The number of halogens is 1. The zero-order chi connectivity index (χ0) is 15.1. The molecule has 1 aromatic carbocycles. The van der Waals surface area contributed by atoms with Gasteiger partial charge in [-0.2, -0.15) is 0 Å². The zero-order valence-corrected chi connectivity index (χ0v) is 13.0. The summed E-state index contributed by atoms with van der Waals surface area (Å²) in [6.07, 6.45) is 1.88. The van der Waals surface area contributed by atoms with Crippen LogP contribution in [0.5, 0.6) is 5.75 Å². The lowest BCUT2D eigenvalue weighted by Crippen LogP contribution is -2.28. The molecule has 0 saturated carbocycles. The van der Waals surface area contributed by atoms with Crippen LogP contribution in [-0.2, 0) is 0 Å². The van der Waals surface area contributed by atoms with Gasteiger partial charge in [0.1, 0.15) is 11.6 Å². The maximum Gasteiger partial charge on any atom is 0.131 e. The average molecular weight is 282 g/mol. The molecule has 0 amide bonds. The van der Waals surface area contributed by atoms with Gasteiger partial charge in [0.2, 0.25) is 0 Å². The summed E-state index contributed by atoms with van der Waals surface area (Å²) in [6.45, 7) is 6.31. The quantitative estimate of drug-likeness (QED) is 0.795. The summed E-state index contributed by atoms with van der Waals surface area (Å²) >= 11 is 0. The second-order valence-electron chi connectivity index (χ2n) is 5.53. The molecular weight excluding hydrogens is 255 g/mol. The van der Waals surface area contributed by atoms with Crippen LogP contribution in [0.15, 0.2) is 18.2 Å². The second-order valence-corrected chi connectivity index (χ2v) is 5.53. The van der Waals surface area contributed by atoms with E-state index in [1.165, 1.54) is 6.07 Å². The first-order valence-electron chi connectivity index (χ1n) is 7.26. The van der Waals surface area contributed by atoms with Crippen LogP contribution in [-0.4, -0.2) is 32.1 Å². The molecule has 0 saturated heterocycles. The first kappa shape index (κ1) is 16.9. The molecule has 0 fully saturated rings. The van der Waals surface area contributed by atoms with Gasteiger partial charge in [-0.1, -0.05) is 26.3 Å². The van der Waals surface area contributed by atoms with Gasteiger partial charge in [0, 0.05) is 18.2 Å². The highest BCUT2D eigenvalue weighted by atomic mass is 19.1. The van der Waals surface area contributed by atoms with Crippen LogP contribution in [0.25, 0.3) is 0 Å². The summed E-state index contributed by atoms with van der Waals surface area (Å²) in [6, 6.07) is 4.48. The van der Waals surface area contributed by atoms with E-state index in [9.17, 15) is 4.39 Å². The van der Waals surface area contributed by atoms with Gasteiger partial charge >= 0.3 is 0 Å². The van der Waals surface area contributed by atoms with Crippen LogP contribution < -0.4 is 10.5 Å². The highest BCUT2D eigenvalue weighted by Crippen LogP contribution is 2.28. The van der Waals surface area contributed by atoms with E-state index in [0.29, 0.717) is 23.7 Å². The maximum absolute atomic E-state index is 13.9. The van der Waals surface area contributed by atoms with E-state index >= 15 is 0 Å². The summed E-state index contributed by atoms with van der Waals surface area (Å²) in [5.74, 6) is 0.905. The second kappa shape index (κ2) is 8.22. The maximum atomic E-state index is 13.9. The smallest absolute Gasteiger partial charge is 0.131 e. The van der Waals surface area contributed by atoms with Gasteiger partial charge in [0.25, 0.3) is 0 Å². The molecule has 0 bridgehead atoms. The molecule has 0 spiro atoms. The van der Waals surface area contributed by atoms with Gasteiger partial charge in [0.05, 0.1) is 7.11 Å². The Bertz CT molecular complexity index is 411. The monoisotopic (exact) mass is 282 g/mol. The minimum atomic E-state index is -0.342. The van der Waals surface area contributed by atoms with Crippen LogP contribution >= 0.6 is 0 Å². The number of methoxy groups -OCH3 is 1. The lowest BCUT2D eigenvalue weighted by Gasteiger charge is -2.23. The standard InChI is InChI=1S/C16H27FN2O/c1-5-12(2)11-19(3)10-9-14(18)16-13(17)7-6-8-15(16)20-4/h6-8,12,14H,5,9-11,18H2,1-4H3. The molecule has 0 radical (unpaired) electrons. The fourth-order valence-electron chi connectivity index (χ4n) is 2.31. The van der Waals surface area contributed by atoms with Crippen molar-refractivity contribution < 1.29 is 9.13 Å². The van der Waals surface area contributed by atoms with Crippen molar-refractivity contribution in [3.05, 3.63) is 29.6 Å². The summed E-state index contributed by atoms with van der Waals surface area (Å²) in [7, 11) is 3.62. The molecule has 0 aliphatic heterocycles. The van der Waals surface area contributed by atoms with Crippen LogP contribution in [0.2, 0.25) is 0 Å². The number of hydrogen-bond donors (Lipinski definition) is 1. The average Bonchev–Trinajstić information content (AvgIpc) is 2.44. The third kappa shape index (κ3) is 4.76. The Kier molecular flexibility index (Phi) is 6.96. The van der Waals surface area contributed by atoms with Crippen LogP contribution in [0, 0.1) is 11.7 Å². The lowest BCUT2D eigenvalue weighted by molar-refractivity contribution is 0.270. The van der Waals surface area contributed by atoms with Crippen molar-refractivity contribution in [3.8, 4) is 5.75 Å². The van der Waals surface area contributed by atoms with E-state index < -0.39 is 0 Å². The van der Waals surface area contributed by atoms with Crippen LogP contribution in [0.1, 0.15) is 38.3 Å². The van der Waals surface area contributed by atoms with Gasteiger partial charge in [-0.05, 0) is 38.1 Å². The molecule has 2 unspecified atom stereocenters. The topological polar surface area (TPSA) is 38.5 Å². The molecular formula is C16H27FN2O. The fourth-order valence-corrected chi connectivity index (χ4v) is 2.31. The number of hydrogen-bond acceptors (Lipinski definition) is 3. The van der Waals surface area contributed by atoms with E-state index in [0.717, 1.165) is 19.5 Å². The number of rotatable bonds is 8. The molecule has 0 aromatic heterocycles. The zero-order valence-electron chi connectivity index (χ0n) is 13.0. The SMILES string of the molecule is CCC(C)CN(C)CCC(N)c1c(F)cccc1OC. The Balaban J connectivity index is 2.61. The Hall–Kier alpha value is -1.13. The molecule has 0 aliphatic rings. The Morgan fingerprint density at radius 3 is 2.70 bits per heavy atom. The molecule has 3 nitrogen and oxygen atoms in total. The van der Waals surface area contributed by atoms with Gasteiger partial charge in [-0.25, -0.2) is 4.39 Å². The Labute approximate surface area is 121 Å². The number of benzene rings is 1. The van der Waals surface area contributed by atoms with Gasteiger partial charge < -0.3 is 15.4 Å². The fraction of sp³-hybridized carbons (Fsp3) is 0.625. The minimum Gasteiger partial charge on any atom is -0.496 e. The van der Waals surface area contributed by atoms with Crippen molar-refractivity contribution in [2.45, 2.75) is 32.7 Å². The van der Waals surface area contributed by atoms with Crippen LogP contribution in [0.4, 0.5) is 4.39 Å². The summed E-state index contributed by atoms with van der Waals surface area (Å²) in [5.41, 5.74) is 6.62. The highest BCUT2D eigenvalue weighted by Gasteiger charge is 2.17. The predicted octanol–water partition coefficient (Wildman–Crippen LogP) is 3.20. The molecule has 0 aliphatic carbocycles. The van der Waals surface area contributed by atoms with Crippen molar-refractivity contribution in [1.82, 2.24) is 4.90 Å². The van der Waals surface area contributed by atoms with Crippen molar-refractivity contribution in [2.75, 3.05) is 27.2 Å². The molecule has 20 heavy (non-hydrogen) atoms. The van der Waals surface area contributed by atoms with Crippen molar-refractivity contribution in [3.63, 3.8) is 0 Å². The minimum absolute atomic E-state index is 0.290. The lowest BCUT2D eigenvalue weighted by atomic mass is 10.0. The van der Waals surface area contributed by atoms with Crippen molar-refractivity contribution in [1.29, 1.82) is 0 Å². The molecule has 0 heterocycles. The number of ether oxygens (including phenoxy) is 1. The molecule has 1 rings (SSSR count). The summed E-state index contributed by atoms with van der Waals surface area (Å²) in [4.78, 5) is 2.25. The van der Waals surface area contributed by atoms with Gasteiger partial charge in [0.15, 0.2) is 0 Å². The number of nitrogens with zero attached hydrogens (tertiary/aromatic N) is 1. The molecule has 2 atom stereocenters.